The summed E-state index contributed by atoms with van der Waals surface area (Å²) in [6.07, 6.45) is 2.07. The van der Waals surface area contributed by atoms with Crippen molar-refractivity contribution in [3.8, 4) is 21.9 Å². The van der Waals surface area contributed by atoms with Gasteiger partial charge in [0.25, 0.3) is 5.91 Å². The molecule has 1 aliphatic rings. The molecule has 4 aromatic rings. The highest BCUT2D eigenvalue weighted by atomic mass is 32.1. The summed E-state index contributed by atoms with van der Waals surface area (Å²) in [5.74, 6) is 1.18. The van der Waals surface area contributed by atoms with E-state index in [1.165, 1.54) is 11.3 Å². The van der Waals surface area contributed by atoms with Gasteiger partial charge < -0.3 is 14.8 Å². The Hall–Kier alpha value is -3.64. The minimum atomic E-state index is -0.113. The van der Waals surface area contributed by atoms with Crippen LogP contribution in [0.15, 0.2) is 78.9 Å². The van der Waals surface area contributed by atoms with Crippen LogP contribution >= 0.6 is 11.3 Å². The maximum Gasteiger partial charge on any atom is 0.271 e. The van der Waals surface area contributed by atoms with Gasteiger partial charge in [-0.2, -0.15) is 0 Å². The SMILES string of the molecule is Cc1nc(C(=O)NC2CC2)c(-c2ccc(OCc3ccccc3)c(OCc3ccccc3)c2)s1. The molecule has 172 valence electrons. The molecule has 1 saturated carbocycles. The molecule has 5 nitrogen and oxygen atoms in total. The molecule has 0 spiro atoms. The summed E-state index contributed by atoms with van der Waals surface area (Å²) in [7, 11) is 0. The Balaban J connectivity index is 1.43. The molecule has 1 N–H and O–H groups in total. The minimum Gasteiger partial charge on any atom is -0.485 e. The molecule has 0 bridgehead atoms. The van der Waals surface area contributed by atoms with E-state index in [-0.39, 0.29) is 11.9 Å². The molecule has 0 unspecified atom stereocenters. The van der Waals surface area contributed by atoms with Gasteiger partial charge in [0.1, 0.15) is 18.9 Å². The van der Waals surface area contributed by atoms with E-state index < -0.39 is 0 Å². The summed E-state index contributed by atoms with van der Waals surface area (Å²) in [4.78, 5) is 18.2. The van der Waals surface area contributed by atoms with Crippen LogP contribution in [0.25, 0.3) is 10.4 Å². The number of aromatic nitrogens is 1. The fraction of sp³-hybridized carbons (Fsp3) is 0.214. The van der Waals surface area contributed by atoms with Gasteiger partial charge >= 0.3 is 0 Å². The number of amides is 1. The number of nitrogens with one attached hydrogen (secondary N) is 1. The van der Waals surface area contributed by atoms with Gasteiger partial charge in [-0.1, -0.05) is 60.7 Å². The zero-order chi connectivity index (χ0) is 23.3. The number of aryl methyl sites for hydroxylation is 1. The zero-order valence-electron chi connectivity index (χ0n) is 19.0. The predicted molar refractivity (Wildman–Crippen MR) is 134 cm³/mol. The molecule has 1 aromatic heterocycles. The summed E-state index contributed by atoms with van der Waals surface area (Å²) in [5.41, 5.74) is 3.51. The highest BCUT2D eigenvalue weighted by Gasteiger charge is 2.27. The third-order valence-electron chi connectivity index (χ3n) is 5.54. The largest absolute Gasteiger partial charge is 0.485 e. The summed E-state index contributed by atoms with van der Waals surface area (Å²) < 4.78 is 12.3. The van der Waals surface area contributed by atoms with E-state index in [9.17, 15) is 4.79 Å². The van der Waals surface area contributed by atoms with Crippen LogP contribution < -0.4 is 14.8 Å². The number of hydrogen-bond acceptors (Lipinski definition) is 5. The van der Waals surface area contributed by atoms with Crippen LogP contribution in [0.1, 0.15) is 39.5 Å². The first-order chi connectivity index (χ1) is 16.7. The number of ether oxygens (including phenoxy) is 2. The Kier molecular flexibility index (Phi) is 6.58. The van der Waals surface area contributed by atoms with Gasteiger partial charge in [-0.15, -0.1) is 11.3 Å². The second-order valence-corrected chi connectivity index (χ2v) is 9.57. The number of thiazole rings is 1. The Morgan fingerprint density at radius 2 is 1.53 bits per heavy atom. The van der Waals surface area contributed by atoms with Crippen LogP contribution in [-0.2, 0) is 13.2 Å². The molecule has 1 fully saturated rings. The Bertz CT molecular complexity index is 1270. The van der Waals surface area contributed by atoms with E-state index >= 15 is 0 Å². The third kappa shape index (κ3) is 5.46. The van der Waals surface area contributed by atoms with E-state index in [0.29, 0.717) is 30.4 Å². The van der Waals surface area contributed by atoms with Gasteiger partial charge in [0.15, 0.2) is 11.5 Å². The van der Waals surface area contributed by atoms with Crippen molar-refractivity contribution in [2.75, 3.05) is 0 Å². The standard InChI is InChI=1S/C28H26N2O3S/c1-19-29-26(28(31)30-23-13-14-23)27(34-19)22-12-15-24(32-17-20-8-4-2-5-9-20)25(16-22)33-18-21-10-6-3-7-11-21/h2-12,15-16,23H,13-14,17-18H2,1H3,(H,30,31). The topological polar surface area (TPSA) is 60.5 Å². The van der Waals surface area contributed by atoms with Crippen LogP contribution in [0.5, 0.6) is 11.5 Å². The number of carbonyl (C=O) groups is 1. The van der Waals surface area contributed by atoms with Crippen molar-refractivity contribution in [1.82, 2.24) is 10.3 Å². The van der Waals surface area contributed by atoms with Gasteiger partial charge in [-0.25, -0.2) is 4.98 Å². The highest BCUT2D eigenvalue weighted by Crippen LogP contribution is 2.38. The molecule has 34 heavy (non-hydrogen) atoms. The summed E-state index contributed by atoms with van der Waals surface area (Å²) >= 11 is 1.51. The quantitative estimate of drug-likeness (QED) is 0.318. The maximum atomic E-state index is 12.8. The average molecular weight is 471 g/mol. The van der Waals surface area contributed by atoms with Crippen molar-refractivity contribution >= 4 is 17.2 Å². The van der Waals surface area contributed by atoms with Gasteiger partial charge in [0.05, 0.1) is 9.88 Å². The fourth-order valence-corrected chi connectivity index (χ4v) is 4.52. The molecule has 6 heteroatoms. The van der Waals surface area contributed by atoms with Gasteiger partial charge in [-0.3, -0.25) is 4.79 Å². The van der Waals surface area contributed by atoms with Crippen LogP contribution in [0.3, 0.4) is 0 Å². The molecular formula is C28H26N2O3S. The Morgan fingerprint density at radius 3 is 2.15 bits per heavy atom. The number of carbonyl (C=O) groups excluding carboxylic acids is 1. The average Bonchev–Trinajstić information content (AvgIpc) is 3.60. The third-order valence-corrected chi connectivity index (χ3v) is 6.56. The second kappa shape index (κ2) is 10.1. The van der Waals surface area contributed by atoms with Gasteiger partial charge in [0.2, 0.25) is 0 Å². The molecule has 1 aliphatic carbocycles. The number of benzene rings is 3. The molecular weight excluding hydrogens is 444 g/mol. The monoisotopic (exact) mass is 470 g/mol. The lowest BCUT2D eigenvalue weighted by molar-refractivity contribution is 0.0947. The fourth-order valence-electron chi connectivity index (χ4n) is 3.61. The van der Waals surface area contributed by atoms with Crippen molar-refractivity contribution in [2.24, 2.45) is 0 Å². The smallest absolute Gasteiger partial charge is 0.271 e. The van der Waals surface area contributed by atoms with Crippen molar-refractivity contribution in [3.63, 3.8) is 0 Å². The molecule has 3 aromatic carbocycles. The molecule has 1 heterocycles. The second-order valence-electron chi connectivity index (χ2n) is 8.37. The molecule has 1 amide bonds. The molecule has 0 aliphatic heterocycles. The first-order valence-corrected chi connectivity index (χ1v) is 12.2. The number of rotatable bonds is 9. The first kappa shape index (κ1) is 22.2. The molecule has 5 rings (SSSR count). The summed E-state index contributed by atoms with van der Waals surface area (Å²) in [6, 6.07) is 26.2. The number of nitrogens with zero attached hydrogens (tertiary/aromatic N) is 1. The van der Waals surface area contributed by atoms with Crippen LogP contribution in [0.2, 0.25) is 0 Å². The van der Waals surface area contributed by atoms with E-state index in [1.54, 1.807) is 0 Å². The Labute approximate surface area is 203 Å². The van der Waals surface area contributed by atoms with E-state index in [2.05, 4.69) is 10.3 Å². The predicted octanol–water partition coefficient (Wildman–Crippen LogP) is 6.17. The first-order valence-electron chi connectivity index (χ1n) is 11.4. The van der Waals surface area contributed by atoms with E-state index in [1.807, 2.05) is 85.8 Å². The van der Waals surface area contributed by atoms with Crippen molar-refractivity contribution < 1.29 is 14.3 Å². The highest BCUT2D eigenvalue weighted by molar-refractivity contribution is 7.15. The Morgan fingerprint density at radius 1 is 0.912 bits per heavy atom. The normalized spacial score (nSPS) is 12.9. The molecule has 0 saturated heterocycles. The van der Waals surface area contributed by atoms with Crippen molar-refractivity contribution in [3.05, 3.63) is 101 Å². The van der Waals surface area contributed by atoms with Crippen LogP contribution in [0.4, 0.5) is 0 Å². The van der Waals surface area contributed by atoms with Crippen molar-refractivity contribution in [2.45, 2.75) is 39.0 Å². The maximum absolute atomic E-state index is 12.8. The number of hydrogen-bond donors (Lipinski definition) is 1. The summed E-state index contributed by atoms with van der Waals surface area (Å²) in [5, 5.41) is 3.91. The molecule has 0 radical (unpaired) electrons. The van der Waals surface area contributed by atoms with Crippen LogP contribution in [-0.4, -0.2) is 16.9 Å². The lowest BCUT2D eigenvalue weighted by Gasteiger charge is -2.15. The summed E-state index contributed by atoms with van der Waals surface area (Å²) in [6.45, 7) is 2.78. The van der Waals surface area contributed by atoms with Crippen molar-refractivity contribution in [1.29, 1.82) is 0 Å². The zero-order valence-corrected chi connectivity index (χ0v) is 19.8. The van der Waals surface area contributed by atoms with Gasteiger partial charge in [-0.05, 0) is 54.7 Å². The minimum absolute atomic E-state index is 0.113. The lowest BCUT2D eigenvalue weighted by Crippen LogP contribution is -2.26. The van der Waals surface area contributed by atoms with E-state index in [0.717, 1.165) is 39.4 Å². The van der Waals surface area contributed by atoms with Crippen LogP contribution in [0, 0.1) is 6.92 Å². The van der Waals surface area contributed by atoms with Gasteiger partial charge in [0, 0.05) is 6.04 Å². The van der Waals surface area contributed by atoms with E-state index in [4.69, 9.17) is 9.47 Å². The lowest BCUT2D eigenvalue weighted by atomic mass is 10.1. The molecule has 0 atom stereocenters.